The Labute approximate surface area is 128 Å². The van der Waals surface area contributed by atoms with Gasteiger partial charge in [0, 0.05) is 38.6 Å². The van der Waals surface area contributed by atoms with Gasteiger partial charge in [0.2, 0.25) is 0 Å². The van der Waals surface area contributed by atoms with E-state index in [0.29, 0.717) is 19.6 Å². The lowest BCUT2D eigenvalue weighted by Crippen LogP contribution is -2.53. The molecule has 1 unspecified atom stereocenters. The summed E-state index contributed by atoms with van der Waals surface area (Å²) in [5, 5.41) is 0. The minimum absolute atomic E-state index is 0.0758. The van der Waals surface area contributed by atoms with E-state index in [1.807, 2.05) is 13.0 Å². The maximum atomic E-state index is 12.5. The van der Waals surface area contributed by atoms with E-state index in [4.69, 9.17) is 4.74 Å². The summed E-state index contributed by atoms with van der Waals surface area (Å²) < 4.78 is 43.0. The largest absolute Gasteiger partial charge is 0.493 e. The highest BCUT2D eigenvalue weighted by Gasteiger charge is 2.35. The van der Waals surface area contributed by atoms with Crippen molar-refractivity contribution in [1.29, 1.82) is 0 Å². The van der Waals surface area contributed by atoms with Gasteiger partial charge in [-0.1, -0.05) is 12.1 Å². The van der Waals surface area contributed by atoms with Crippen molar-refractivity contribution >= 4 is 0 Å². The summed E-state index contributed by atoms with van der Waals surface area (Å²) in [6, 6.07) is 6.14. The van der Waals surface area contributed by atoms with Crippen molar-refractivity contribution in [3.05, 3.63) is 29.3 Å². The number of hydrogen-bond donors (Lipinski definition) is 0. The monoisotopic (exact) mass is 314 g/mol. The fraction of sp³-hybridized carbons (Fsp3) is 0.625. The lowest BCUT2D eigenvalue weighted by molar-refractivity contribution is -0.155. The smallest absolute Gasteiger partial charge is 0.401 e. The van der Waals surface area contributed by atoms with E-state index in [1.165, 1.54) is 16.0 Å². The topological polar surface area (TPSA) is 15.7 Å². The van der Waals surface area contributed by atoms with Gasteiger partial charge in [-0.05, 0) is 24.1 Å². The van der Waals surface area contributed by atoms with Gasteiger partial charge in [0.05, 0.1) is 13.2 Å². The van der Waals surface area contributed by atoms with E-state index in [-0.39, 0.29) is 6.04 Å². The fourth-order valence-corrected chi connectivity index (χ4v) is 3.28. The van der Waals surface area contributed by atoms with Crippen LogP contribution in [0.2, 0.25) is 0 Å². The first-order chi connectivity index (χ1) is 10.4. The maximum Gasteiger partial charge on any atom is 0.401 e. The molecule has 1 atom stereocenters. The van der Waals surface area contributed by atoms with Crippen LogP contribution in [0.4, 0.5) is 13.2 Å². The van der Waals surface area contributed by atoms with E-state index in [0.717, 1.165) is 25.3 Å². The van der Waals surface area contributed by atoms with Crippen LogP contribution in [0.1, 0.15) is 18.1 Å². The van der Waals surface area contributed by atoms with Gasteiger partial charge < -0.3 is 4.74 Å². The number of ether oxygens (including phenoxy) is 1. The molecule has 6 heteroatoms. The molecule has 3 rings (SSSR count). The molecule has 22 heavy (non-hydrogen) atoms. The van der Waals surface area contributed by atoms with Crippen LogP contribution in [0.15, 0.2) is 18.2 Å². The van der Waals surface area contributed by atoms with Crippen LogP contribution >= 0.6 is 0 Å². The van der Waals surface area contributed by atoms with Crippen molar-refractivity contribution in [1.82, 2.24) is 9.80 Å². The lowest BCUT2D eigenvalue weighted by Gasteiger charge is -2.40. The summed E-state index contributed by atoms with van der Waals surface area (Å²) in [5.41, 5.74) is 2.45. The average Bonchev–Trinajstić information content (AvgIpc) is 2.88. The molecule has 2 aliphatic rings. The van der Waals surface area contributed by atoms with Crippen LogP contribution in [-0.4, -0.2) is 54.8 Å². The summed E-state index contributed by atoms with van der Waals surface area (Å²) in [6.07, 6.45) is -3.17. The van der Waals surface area contributed by atoms with E-state index >= 15 is 0 Å². The number of alkyl halides is 3. The van der Waals surface area contributed by atoms with Crippen LogP contribution in [0.25, 0.3) is 0 Å². The average molecular weight is 314 g/mol. The Bertz CT molecular complexity index is 533. The second kappa shape index (κ2) is 6.08. The molecular formula is C16H21F3N2O. The Morgan fingerprint density at radius 1 is 1.27 bits per heavy atom. The molecule has 1 saturated heterocycles. The maximum absolute atomic E-state index is 12.5. The third kappa shape index (κ3) is 3.73. The standard InChI is InChI=1S/C16H21F3N2O/c1-12-9-20(5-6-21(12)11-16(17,18)19)10-13-2-3-15-14(8-13)4-7-22-15/h2-3,8,12H,4-7,9-11H2,1H3. The first kappa shape index (κ1) is 15.6. The first-order valence-electron chi connectivity index (χ1n) is 7.68. The van der Waals surface area contributed by atoms with Crippen molar-refractivity contribution in [3.63, 3.8) is 0 Å². The van der Waals surface area contributed by atoms with Gasteiger partial charge in [-0.15, -0.1) is 0 Å². The van der Waals surface area contributed by atoms with Crippen LogP contribution < -0.4 is 4.74 Å². The zero-order chi connectivity index (χ0) is 15.7. The molecule has 0 N–H and O–H groups in total. The molecule has 0 bridgehead atoms. The second-order valence-electron chi connectivity index (χ2n) is 6.21. The molecule has 0 saturated carbocycles. The van der Waals surface area contributed by atoms with Crippen molar-refractivity contribution in [3.8, 4) is 5.75 Å². The van der Waals surface area contributed by atoms with E-state index in [1.54, 1.807) is 0 Å². The van der Waals surface area contributed by atoms with Gasteiger partial charge in [-0.3, -0.25) is 9.80 Å². The number of fused-ring (bicyclic) bond motifs is 1. The highest BCUT2D eigenvalue weighted by molar-refractivity contribution is 5.39. The summed E-state index contributed by atoms with van der Waals surface area (Å²) in [4.78, 5) is 3.75. The number of nitrogens with zero attached hydrogens (tertiary/aromatic N) is 2. The van der Waals surface area contributed by atoms with E-state index in [2.05, 4.69) is 17.0 Å². The van der Waals surface area contributed by atoms with Gasteiger partial charge >= 0.3 is 6.18 Å². The molecule has 0 radical (unpaired) electrons. The van der Waals surface area contributed by atoms with E-state index < -0.39 is 12.7 Å². The Morgan fingerprint density at radius 2 is 2.09 bits per heavy atom. The number of benzene rings is 1. The van der Waals surface area contributed by atoms with Gasteiger partial charge in [-0.2, -0.15) is 13.2 Å². The first-order valence-corrected chi connectivity index (χ1v) is 7.68. The second-order valence-corrected chi connectivity index (χ2v) is 6.21. The van der Waals surface area contributed by atoms with Crippen molar-refractivity contribution < 1.29 is 17.9 Å². The highest BCUT2D eigenvalue weighted by atomic mass is 19.4. The summed E-state index contributed by atoms with van der Waals surface area (Å²) in [7, 11) is 0. The van der Waals surface area contributed by atoms with Gasteiger partial charge in [0.1, 0.15) is 5.75 Å². The molecule has 0 aromatic heterocycles. The molecule has 3 nitrogen and oxygen atoms in total. The van der Waals surface area contributed by atoms with Crippen LogP contribution in [0.5, 0.6) is 5.75 Å². The number of rotatable bonds is 3. The zero-order valence-electron chi connectivity index (χ0n) is 12.7. The van der Waals surface area contributed by atoms with Gasteiger partial charge in [0.15, 0.2) is 0 Å². The zero-order valence-corrected chi connectivity index (χ0v) is 12.7. The summed E-state index contributed by atoms with van der Waals surface area (Å²) >= 11 is 0. The predicted molar refractivity (Wildman–Crippen MR) is 78.0 cm³/mol. The molecule has 0 aliphatic carbocycles. The molecule has 2 heterocycles. The van der Waals surface area contributed by atoms with Crippen LogP contribution in [-0.2, 0) is 13.0 Å². The Morgan fingerprint density at radius 3 is 2.82 bits per heavy atom. The Hall–Kier alpha value is -1.27. The fourth-order valence-electron chi connectivity index (χ4n) is 3.28. The van der Waals surface area contributed by atoms with Gasteiger partial charge in [-0.25, -0.2) is 0 Å². The summed E-state index contributed by atoms with van der Waals surface area (Å²) in [5.74, 6) is 0.965. The Kier molecular flexibility index (Phi) is 4.32. The number of hydrogen-bond acceptors (Lipinski definition) is 3. The quantitative estimate of drug-likeness (QED) is 0.853. The third-order valence-corrected chi connectivity index (χ3v) is 4.39. The highest BCUT2D eigenvalue weighted by Crippen LogP contribution is 2.27. The molecule has 122 valence electrons. The SMILES string of the molecule is CC1CN(Cc2ccc3c(c2)CCO3)CCN1CC(F)(F)F. The normalized spacial score (nSPS) is 23.4. The number of halogens is 3. The summed E-state index contributed by atoms with van der Waals surface area (Å²) in [6.45, 7) is 4.41. The number of piperazine rings is 1. The van der Waals surface area contributed by atoms with Gasteiger partial charge in [0.25, 0.3) is 0 Å². The molecular weight excluding hydrogens is 293 g/mol. The molecule has 1 aromatic carbocycles. The van der Waals surface area contributed by atoms with Crippen LogP contribution in [0, 0.1) is 0 Å². The minimum atomic E-state index is -4.11. The lowest BCUT2D eigenvalue weighted by atomic mass is 10.1. The van der Waals surface area contributed by atoms with Crippen molar-refractivity contribution in [2.45, 2.75) is 32.1 Å². The Balaban J connectivity index is 1.57. The predicted octanol–water partition coefficient (Wildman–Crippen LogP) is 2.69. The van der Waals surface area contributed by atoms with Crippen molar-refractivity contribution in [2.75, 3.05) is 32.8 Å². The third-order valence-electron chi connectivity index (χ3n) is 4.39. The van der Waals surface area contributed by atoms with E-state index in [9.17, 15) is 13.2 Å². The molecule has 0 spiro atoms. The molecule has 0 amide bonds. The molecule has 1 fully saturated rings. The molecule has 1 aromatic rings. The molecule has 2 aliphatic heterocycles. The minimum Gasteiger partial charge on any atom is -0.493 e. The van der Waals surface area contributed by atoms with Crippen molar-refractivity contribution in [2.24, 2.45) is 0 Å². The van der Waals surface area contributed by atoms with Crippen LogP contribution in [0.3, 0.4) is 0 Å².